The molecule has 48 heavy (non-hydrogen) atoms. The number of aryl methyl sites for hydroxylation is 4. The molecular formula is C35H37N9O2S2. The lowest BCUT2D eigenvalue weighted by molar-refractivity contribution is -0.118. The standard InChI is InChI=1S/C35H37N9O2S2/c1-24-36-13-15-43(24)22-28-9-5-7-26(17-28)19-30(45)21-34-41-39-32(47-34)11-3-4-12-33-40-42-35(48-33)38-31(46)20-27-8-6-10-29(18-27)23-44-16-14-37-25(44)2/h5-10,13-18H,3-4,11-12,19-23H2,1-2H3,(H,38,42,46). The second-order valence-electron chi connectivity index (χ2n) is 11.8. The van der Waals surface area contributed by atoms with E-state index in [0.717, 1.165) is 81.2 Å². The van der Waals surface area contributed by atoms with Crippen LogP contribution in [0, 0.1) is 13.8 Å². The first kappa shape index (κ1) is 33.0. The van der Waals surface area contributed by atoms with Gasteiger partial charge in [-0.2, -0.15) is 0 Å². The minimum atomic E-state index is -0.117. The third-order valence-corrected chi connectivity index (χ3v) is 9.78. The molecule has 11 nitrogen and oxygen atoms in total. The minimum absolute atomic E-state index is 0.117. The van der Waals surface area contributed by atoms with E-state index >= 15 is 0 Å². The molecule has 2 aromatic carbocycles. The van der Waals surface area contributed by atoms with E-state index in [2.05, 4.69) is 69.1 Å². The molecule has 0 fully saturated rings. The van der Waals surface area contributed by atoms with Gasteiger partial charge in [-0.05, 0) is 48.9 Å². The summed E-state index contributed by atoms with van der Waals surface area (Å²) in [7, 11) is 0. The molecule has 1 N–H and O–H groups in total. The molecule has 0 aliphatic heterocycles. The summed E-state index contributed by atoms with van der Waals surface area (Å²) in [4.78, 5) is 34.1. The second kappa shape index (κ2) is 15.8. The topological polar surface area (TPSA) is 133 Å². The number of anilines is 1. The Hall–Kier alpha value is -4.88. The van der Waals surface area contributed by atoms with Crippen molar-refractivity contribution in [2.24, 2.45) is 0 Å². The van der Waals surface area contributed by atoms with E-state index in [4.69, 9.17) is 0 Å². The molecule has 246 valence electrons. The molecule has 0 bridgehead atoms. The molecule has 0 saturated carbocycles. The van der Waals surface area contributed by atoms with Crippen LogP contribution in [0.3, 0.4) is 0 Å². The summed E-state index contributed by atoms with van der Waals surface area (Å²) in [6, 6.07) is 16.2. The molecule has 13 heteroatoms. The highest BCUT2D eigenvalue weighted by Gasteiger charge is 2.13. The van der Waals surface area contributed by atoms with Gasteiger partial charge in [-0.1, -0.05) is 59.9 Å². The quantitative estimate of drug-likeness (QED) is 0.131. The number of hydrogen-bond donors (Lipinski definition) is 1. The maximum Gasteiger partial charge on any atom is 0.230 e. The molecular weight excluding hydrogens is 643 g/mol. The smallest absolute Gasteiger partial charge is 0.230 e. The van der Waals surface area contributed by atoms with Gasteiger partial charge in [0.05, 0.1) is 12.8 Å². The number of amides is 1. The molecule has 0 spiro atoms. The van der Waals surface area contributed by atoms with E-state index in [1.54, 1.807) is 12.4 Å². The van der Waals surface area contributed by atoms with Gasteiger partial charge in [0.2, 0.25) is 11.0 Å². The van der Waals surface area contributed by atoms with Crippen molar-refractivity contribution in [3.8, 4) is 0 Å². The fourth-order valence-electron chi connectivity index (χ4n) is 5.44. The molecule has 4 heterocycles. The minimum Gasteiger partial charge on any atom is -0.331 e. The number of Topliss-reactive ketones (excluding diaryl/α,β-unsaturated/α-hetero) is 1. The molecule has 6 aromatic rings. The zero-order valence-electron chi connectivity index (χ0n) is 27.0. The van der Waals surface area contributed by atoms with Crippen molar-refractivity contribution in [1.29, 1.82) is 0 Å². The first-order chi connectivity index (χ1) is 23.4. The van der Waals surface area contributed by atoms with Crippen molar-refractivity contribution in [1.82, 2.24) is 39.5 Å². The predicted octanol–water partition coefficient (Wildman–Crippen LogP) is 5.60. The van der Waals surface area contributed by atoms with Crippen molar-refractivity contribution in [3.63, 3.8) is 0 Å². The van der Waals surface area contributed by atoms with Gasteiger partial charge >= 0.3 is 0 Å². The van der Waals surface area contributed by atoms with Crippen LogP contribution in [0.2, 0.25) is 0 Å². The number of aromatic nitrogens is 8. The maximum absolute atomic E-state index is 12.8. The molecule has 0 aliphatic rings. The Bertz CT molecular complexity index is 1850. The Kier molecular flexibility index (Phi) is 10.9. The number of imidazole rings is 2. The summed E-state index contributed by atoms with van der Waals surface area (Å²) in [5.74, 6) is 1.93. The van der Waals surface area contributed by atoms with Crippen LogP contribution in [0.1, 0.15) is 61.8 Å². The third kappa shape index (κ3) is 9.35. The average molecular weight is 680 g/mol. The molecule has 6 rings (SSSR count). The zero-order valence-corrected chi connectivity index (χ0v) is 28.6. The highest BCUT2D eigenvalue weighted by atomic mass is 32.1. The number of hydrogen-bond acceptors (Lipinski definition) is 10. The number of nitrogens with zero attached hydrogens (tertiary/aromatic N) is 8. The Labute approximate surface area is 287 Å². The van der Waals surface area contributed by atoms with E-state index in [1.807, 2.05) is 50.5 Å². The Morgan fingerprint density at radius 2 is 1.21 bits per heavy atom. The van der Waals surface area contributed by atoms with Gasteiger partial charge in [-0.15, -0.1) is 31.7 Å². The molecule has 0 aliphatic carbocycles. The summed E-state index contributed by atoms with van der Waals surface area (Å²) in [6.45, 7) is 5.40. The average Bonchev–Trinajstić information content (AvgIpc) is 3.87. The highest BCUT2D eigenvalue weighted by molar-refractivity contribution is 7.15. The van der Waals surface area contributed by atoms with E-state index in [-0.39, 0.29) is 18.1 Å². The number of unbranched alkanes of at least 4 members (excludes halogenated alkanes) is 1. The van der Waals surface area contributed by atoms with Crippen LogP contribution in [-0.2, 0) is 54.8 Å². The predicted molar refractivity (Wildman–Crippen MR) is 186 cm³/mol. The van der Waals surface area contributed by atoms with Crippen LogP contribution in [0.15, 0.2) is 73.3 Å². The van der Waals surface area contributed by atoms with Gasteiger partial charge in [0.15, 0.2) is 0 Å². The SMILES string of the molecule is Cc1nccn1Cc1cccc(CC(=O)Cc2nnc(CCCCc3nnc(NC(=O)Cc4cccc(Cn5ccnc5C)c4)s3)s2)c1. The van der Waals surface area contributed by atoms with Gasteiger partial charge in [-0.3, -0.25) is 9.59 Å². The largest absolute Gasteiger partial charge is 0.331 e. The van der Waals surface area contributed by atoms with Crippen molar-refractivity contribution in [2.45, 2.75) is 71.9 Å². The number of carbonyl (C=O) groups excluding carboxylic acids is 2. The Morgan fingerprint density at radius 3 is 1.81 bits per heavy atom. The number of rotatable bonds is 16. The van der Waals surface area contributed by atoms with Crippen LogP contribution in [0.25, 0.3) is 0 Å². The molecule has 0 unspecified atom stereocenters. The molecule has 0 saturated heterocycles. The first-order valence-electron chi connectivity index (χ1n) is 15.9. The summed E-state index contributed by atoms with van der Waals surface area (Å²) in [5, 5.41) is 23.0. The molecule has 4 aromatic heterocycles. The lowest BCUT2D eigenvalue weighted by Crippen LogP contribution is -2.14. The van der Waals surface area contributed by atoms with Crippen molar-refractivity contribution >= 4 is 39.5 Å². The van der Waals surface area contributed by atoms with Gasteiger partial charge in [0, 0.05) is 57.1 Å². The summed E-state index contributed by atoms with van der Waals surface area (Å²) >= 11 is 2.92. The normalized spacial score (nSPS) is 11.2. The molecule has 0 radical (unpaired) electrons. The van der Waals surface area contributed by atoms with Crippen LogP contribution < -0.4 is 5.32 Å². The van der Waals surface area contributed by atoms with E-state index < -0.39 is 0 Å². The Morgan fingerprint density at radius 1 is 0.667 bits per heavy atom. The zero-order chi connectivity index (χ0) is 33.3. The molecule has 0 atom stereocenters. The van der Waals surface area contributed by atoms with Crippen LogP contribution in [0.5, 0.6) is 0 Å². The number of benzene rings is 2. The first-order valence-corrected chi connectivity index (χ1v) is 17.6. The van der Waals surface area contributed by atoms with Gasteiger partial charge < -0.3 is 14.5 Å². The van der Waals surface area contributed by atoms with Gasteiger partial charge in [0.25, 0.3) is 0 Å². The highest BCUT2D eigenvalue weighted by Crippen LogP contribution is 2.20. The maximum atomic E-state index is 12.8. The lowest BCUT2D eigenvalue weighted by atomic mass is 10.0. The van der Waals surface area contributed by atoms with E-state index in [1.165, 1.54) is 22.7 Å². The van der Waals surface area contributed by atoms with Crippen LogP contribution in [0.4, 0.5) is 5.13 Å². The third-order valence-electron chi connectivity index (χ3n) is 7.90. The summed E-state index contributed by atoms with van der Waals surface area (Å²) in [5.41, 5.74) is 4.21. The van der Waals surface area contributed by atoms with Crippen molar-refractivity contribution in [3.05, 3.63) is 122 Å². The van der Waals surface area contributed by atoms with E-state index in [9.17, 15) is 9.59 Å². The second-order valence-corrected chi connectivity index (χ2v) is 14.0. The van der Waals surface area contributed by atoms with Crippen LogP contribution >= 0.6 is 22.7 Å². The van der Waals surface area contributed by atoms with Crippen molar-refractivity contribution < 1.29 is 9.59 Å². The number of ketones is 1. The molecule has 1 amide bonds. The van der Waals surface area contributed by atoms with Crippen LogP contribution in [-0.4, -0.2) is 51.2 Å². The fraction of sp³-hybridized carbons (Fsp3) is 0.314. The van der Waals surface area contributed by atoms with Crippen molar-refractivity contribution in [2.75, 3.05) is 5.32 Å². The summed E-state index contributed by atoms with van der Waals surface area (Å²) in [6.07, 6.45) is 11.8. The Balaban J connectivity index is 0.897. The van der Waals surface area contributed by atoms with E-state index in [0.29, 0.717) is 24.5 Å². The fourth-order valence-corrected chi connectivity index (χ4v) is 7.15. The number of nitrogens with one attached hydrogen (secondary N) is 1. The number of carbonyl (C=O) groups is 2. The van der Waals surface area contributed by atoms with Gasteiger partial charge in [0.1, 0.15) is 32.5 Å². The monoisotopic (exact) mass is 679 g/mol. The lowest BCUT2D eigenvalue weighted by Gasteiger charge is -2.07. The summed E-state index contributed by atoms with van der Waals surface area (Å²) < 4.78 is 4.16. The van der Waals surface area contributed by atoms with Gasteiger partial charge in [-0.25, -0.2) is 9.97 Å².